The van der Waals surface area contributed by atoms with E-state index in [1.807, 2.05) is 47.6 Å². The molecule has 0 aliphatic heterocycles. The average molecular weight is 343 g/mol. The molecule has 2 rings (SSSR count). The second kappa shape index (κ2) is 10.7. The van der Waals surface area contributed by atoms with Crippen LogP contribution in [0.3, 0.4) is 0 Å². The number of aliphatic hydroxyl groups is 1. The second-order valence-corrected chi connectivity index (χ2v) is 6.02. The largest absolute Gasteiger partial charge is 0.395 e. The molecule has 2 N–H and O–H groups in total. The first kappa shape index (κ1) is 18.4. The van der Waals surface area contributed by atoms with Crippen LogP contribution in [0, 0.1) is 0 Å². The SMILES string of the molecule is OCCN(CCc1ccccc1)C(=S)NCCCc1ccncc1. The Morgan fingerprint density at radius 3 is 2.42 bits per heavy atom. The van der Waals surface area contributed by atoms with Gasteiger partial charge < -0.3 is 15.3 Å². The first-order valence-corrected chi connectivity index (χ1v) is 8.77. The van der Waals surface area contributed by atoms with E-state index in [4.69, 9.17) is 12.2 Å². The fourth-order valence-corrected chi connectivity index (χ4v) is 2.78. The van der Waals surface area contributed by atoms with E-state index in [2.05, 4.69) is 22.4 Å². The molecule has 0 bridgehead atoms. The van der Waals surface area contributed by atoms with E-state index in [9.17, 15) is 5.11 Å². The molecule has 0 amide bonds. The van der Waals surface area contributed by atoms with E-state index in [1.54, 1.807) is 0 Å². The van der Waals surface area contributed by atoms with Crippen molar-refractivity contribution in [1.29, 1.82) is 0 Å². The Bertz CT molecular complexity index is 592. The van der Waals surface area contributed by atoms with Crippen LogP contribution in [0.1, 0.15) is 17.5 Å². The molecule has 24 heavy (non-hydrogen) atoms. The molecule has 4 nitrogen and oxygen atoms in total. The van der Waals surface area contributed by atoms with Gasteiger partial charge in [0, 0.05) is 32.0 Å². The number of thiocarbonyl (C=S) groups is 1. The molecule has 0 radical (unpaired) electrons. The smallest absolute Gasteiger partial charge is 0.169 e. The van der Waals surface area contributed by atoms with E-state index in [-0.39, 0.29) is 6.61 Å². The summed E-state index contributed by atoms with van der Waals surface area (Å²) in [5, 5.41) is 13.3. The van der Waals surface area contributed by atoms with Gasteiger partial charge in [0.1, 0.15) is 0 Å². The zero-order valence-electron chi connectivity index (χ0n) is 13.9. The number of hydrogen-bond donors (Lipinski definition) is 2. The van der Waals surface area contributed by atoms with Crippen molar-refractivity contribution in [3.05, 3.63) is 66.0 Å². The molecule has 1 aromatic carbocycles. The normalized spacial score (nSPS) is 10.4. The number of nitrogens with one attached hydrogen (secondary N) is 1. The zero-order valence-corrected chi connectivity index (χ0v) is 14.7. The van der Waals surface area contributed by atoms with Crippen LogP contribution in [0.5, 0.6) is 0 Å². The van der Waals surface area contributed by atoms with Gasteiger partial charge in [0.25, 0.3) is 0 Å². The van der Waals surface area contributed by atoms with Crippen molar-refractivity contribution in [2.45, 2.75) is 19.3 Å². The van der Waals surface area contributed by atoms with Crippen molar-refractivity contribution in [1.82, 2.24) is 15.2 Å². The predicted octanol–water partition coefficient (Wildman–Crippen LogP) is 2.43. The van der Waals surface area contributed by atoms with Crippen LogP contribution in [0.2, 0.25) is 0 Å². The first-order chi connectivity index (χ1) is 11.8. The maximum absolute atomic E-state index is 9.27. The Morgan fingerprint density at radius 1 is 1.00 bits per heavy atom. The van der Waals surface area contributed by atoms with Crippen molar-refractivity contribution in [2.75, 3.05) is 26.2 Å². The third kappa shape index (κ3) is 6.64. The van der Waals surface area contributed by atoms with Gasteiger partial charge in [-0.15, -0.1) is 0 Å². The number of aromatic nitrogens is 1. The molecule has 0 saturated heterocycles. The molecule has 0 spiro atoms. The standard InChI is InChI=1S/C19H25N3OS/c23-16-15-22(14-10-17-5-2-1-3-6-17)19(24)21-11-4-7-18-8-12-20-13-9-18/h1-3,5-6,8-9,12-13,23H,4,7,10-11,14-16H2,(H,21,24). The number of pyridine rings is 1. The van der Waals surface area contributed by atoms with Crippen molar-refractivity contribution >= 4 is 17.3 Å². The summed E-state index contributed by atoms with van der Waals surface area (Å²) in [6.07, 6.45) is 6.57. The lowest BCUT2D eigenvalue weighted by molar-refractivity contribution is 0.249. The Labute approximate surface area is 149 Å². The molecule has 1 heterocycles. The minimum Gasteiger partial charge on any atom is -0.395 e. The highest BCUT2D eigenvalue weighted by atomic mass is 32.1. The molecule has 0 unspecified atom stereocenters. The minimum atomic E-state index is 0.105. The number of hydrogen-bond acceptors (Lipinski definition) is 3. The molecule has 0 fully saturated rings. The summed E-state index contributed by atoms with van der Waals surface area (Å²) in [5.74, 6) is 0. The summed E-state index contributed by atoms with van der Waals surface area (Å²) < 4.78 is 0. The Balaban J connectivity index is 1.72. The van der Waals surface area contributed by atoms with E-state index in [1.165, 1.54) is 11.1 Å². The lowest BCUT2D eigenvalue weighted by Crippen LogP contribution is -2.42. The lowest BCUT2D eigenvalue weighted by atomic mass is 10.1. The van der Waals surface area contributed by atoms with Gasteiger partial charge in [0.15, 0.2) is 5.11 Å². The van der Waals surface area contributed by atoms with Crippen LogP contribution in [0.15, 0.2) is 54.9 Å². The van der Waals surface area contributed by atoms with E-state index in [0.717, 1.165) is 37.5 Å². The molecule has 128 valence electrons. The van der Waals surface area contributed by atoms with Gasteiger partial charge in [-0.25, -0.2) is 0 Å². The van der Waals surface area contributed by atoms with Gasteiger partial charge in [-0.2, -0.15) is 0 Å². The molecule has 0 aliphatic rings. The number of rotatable bonds is 9. The molecular formula is C19H25N3OS. The van der Waals surface area contributed by atoms with Crippen LogP contribution in [-0.2, 0) is 12.8 Å². The molecule has 0 saturated carbocycles. The van der Waals surface area contributed by atoms with Crippen molar-refractivity contribution in [3.63, 3.8) is 0 Å². The third-order valence-electron chi connectivity index (χ3n) is 3.84. The van der Waals surface area contributed by atoms with Gasteiger partial charge in [-0.1, -0.05) is 30.3 Å². The molecule has 2 aromatic rings. The summed E-state index contributed by atoms with van der Waals surface area (Å²) in [5.41, 5.74) is 2.56. The van der Waals surface area contributed by atoms with Crippen LogP contribution < -0.4 is 5.32 Å². The first-order valence-electron chi connectivity index (χ1n) is 8.36. The van der Waals surface area contributed by atoms with Gasteiger partial charge in [0.2, 0.25) is 0 Å². The highest BCUT2D eigenvalue weighted by molar-refractivity contribution is 7.80. The topological polar surface area (TPSA) is 48.4 Å². The van der Waals surface area contributed by atoms with E-state index in [0.29, 0.717) is 6.54 Å². The quantitative estimate of drug-likeness (QED) is 0.541. The Hall–Kier alpha value is -1.98. The fourth-order valence-electron chi connectivity index (χ4n) is 2.49. The summed E-state index contributed by atoms with van der Waals surface area (Å²) in [7, 11) is 0. The lowest BCUT2D eigenvalue weighted by Gasteiger charge is -2.25. The maximum atomic E-state index is 9.27. The van der Waals surface area contributed by atoms with Gasteiger partial charge in [-0.05, 0) is 54.7 Å². The average Bonchev–Trinajstić information content (AvgIpc) is 2.64. The Kier molecular flexibility index (Phi) is 8.21. The molecule has 0 aliphatic carbocycles. The van der Waals surface area contributed by atoms with Crippen LogP contribution in [0.25, 0.3) is 0 Å². The van der Waals surface area contributed by atoms with Crippen molar-refractivity contribution in [2.24, 2.45) is 0 Å². The molecular weight excluding hydrogens is 318 g/mol. The summed E-state index contributed by atoms with van der Waals surface area (Å²) in [6, 6.07) is 14.4. The highest BCUT2D eigenvalue weighted by Crippen LogP contribution is 2.03. The van der Waals surface area contributed by atoms with Crippen LogP contribution in [-0.4, -0.2) is 46.3 Å². The summed E-state index contributed by atoms with van der Waals surface area (Å²) in [4.78, 5) is 6.06. The van der Waals surface area contributed by atoms with E-state index < -0.39 is 0 Å². The van der Waals surface area contributed by atoms with Crippen LogP contribution >= 0.6 is 12.2 Å². The Morgan fingerprint density at radius 2 is 1.71 bits per heavy atom. The number of benzene rings is 1. The van der Waals surface area contributed by atoms with Gasteiger partial charge >= 0.3 is 0 Å². The second-order valence-electron chi connectivity index (χ2n) is 5.64. The van der Waals surface area contributed by atoms with Gasteiger partial charge in [0.05, 0.1) is 6.61 Å². The number of aryl methyl sites for hydroxylation is 1. The van der Waals surface area contributed by atoms with E-state index >= 15 is 0 Å². The fraction of sp³-hybridized carbons (Fsp3) is 0.368. The maximum Gasteiger partial charge on any atom is 0.169 e. The monoisotopic (exact) mass is 343 g/mol. The molecule has 0 atom stereocenters. The predicted molar refractivity (Wildman–Crippen MR) is 102 cm³/mol. The van der Waals surface area contributed by atoms with Crippen molar-refractivity contribution < 1.29 is 5.11 Å². The number of aliphatic hydroxyl groups excluding tert-OH is 1. The van der Waals surface area contributed by atoms with Crippen LogP contribution in [0.4, 0.5) is 0 Å². The highest BCUT2D eigenvalue weighted by Gasteiger charge is 2.08. The third-order valence-corrected chi connectivity index (χ3v) is 4.24. The van der Waals surface area contributed by atoms with Gasteiger partial charge in [-0.3, -0.25) is 4.98 Å². The number of nitrogens with zero attached hydrogens (tertiary/aromatic N) is 2. The molecule has 5 heteroatoms. The molecule has 1 aromatic heterocycles. The zero-order chi connectivity index (χ0) is 17.0. The minimum absolute atomic E-state index is 0.105. The van der Waals surface area contributed by atoms with Crippen molar-refractivity contribution in [3.8, 4) is 0 Å². The summed E-state index contributed by atoms with van der Waals surface area (Å²) in [6.45, 7) is 2.30. The summed E-state index contributed by atoms with van der Waals surface area (Å²) >= 11 is 5.48.